The Kier molecular flexibility index (Phi) is 3.23. The van der Waals surface area contributed by atoms with Crippen LogP contribution in [0.4, 0.5) is 10.8 Å². The van der Waals surface area contributed by atoms with Crippen molar-refractivity contribution in [3.05, 3.63) is 40.9 Å². The van der Waals surface area contributed by atoms with Crippen LogP contribution in [0.15, 0.2) is 29.6 Å². The summed E-state index contributed by atoms with van der Waals surface area (Å²) in [4.78, 5) is 27.4. The van der Waals surface area contributed by atoms with Crippen LogP contribution in [0.3, 0.4) is 0 Å². The Bertz CT molecular complexity index is 656. The third kappa shape index (κ3) is 2.42. The lowest BCUT2D eigenvalue weighted by molar-refractivity contribution is -0.116. The lowest BCUT2D eigenvalue weighted by atomic mass is 10.1. The van der Waals surface area contributed by atoms with E-state index < -0.39 is 0 Å². The first-order valence-corrected chi connectivity index (χ1v) is 7.13. The molecule has 1 aliphatic heterocycles. The van der Waals surface area contributed by atoms with Crippen LogP contribution in [0.5, 0.6) is 0 Å². The minimum atomic E-state index is -0.294. The van der Waals surface area contributed by atoms with E-state index in [-0.39, 0.29) is 17.7 Å². The van der Waals surface area contributed by atoms with Crippen molar-refractivity contribution in [3.8, 4) is 0 Å². The molecule has 102 valence electrons. The Labute approximate surface area is 120 Å². The van der Waals surface area contributed by atoms with Crippen molar-refractivity contribution >= 4 is 33.8 Å². The number of rotatable bonds is 3. The standard InChI is InChI=1S/C14H13N3O2S/c1-8(18)12-7-20-14(16-12)17-13(19)11-6-9-4-2-3-5-10(9)15-11/h2-5,7,11,15H,6H2,1H3,(H,16,17,19). The molecule has 0 radical (unpaired) electrons. The van der Waals surface area contributed by atoms with E-state index in [0.717, 1.165) is 11.3 Å². The summed E-state index contributed by atoms with van der Waals surface area (Å²) < 4.78 is 0. The van der Waals surface area contributed by atoms with E-state index >= 15 is 0 Å². The minimum absolute atomic E-state index is 0.104. The zero-order chi connectivity index (χ0) is 14.1. The van der Waals surface area contributed by atoms with Crippen molar-refractivity contribution in [1.29, 1.82) is 0 Å². The molecule has 20 heavy (non-hydrogen) atoms. The molecule has 0 spiro atoms. The number of anilines is 2. The summed E-state index contributed by atoms with van der Waals surface area (Å²) in [6.07, 6.45) is 0.660. The molecule has 1 aliphatic rings. The highest BCUT2D eigenvalue weighted by Crippen LogP contribution is 2.26. The molecule has 1 atom stereocenters. The molecule has 1 aromatic carbocycles. The maximum atomic E-state index is 12.2. The van der Waals surface area contributed by atoms with Crippen LogP contribution in [0.1, 0.15) is 23.0 Å². The number of hydrogen-bond acceptors (Lipinski definition) is 5. The summed E-state index contributed by atoms with van der Waals surface area (Å²) in [6, 6.07) is 7.57. The molecule has 0 saturated heterocycles. The zero-order valence-electron chi connectivity index (χ0n) is 10.8. The van der Waals surface area contributed by atoms with E-state index in [0.29, 0.717) is 17.2 Å². The maximum Gasteiger partial charge on any atom is 0.248 e. The smallest absolute Gasteiger partial charge is 0.248 e. The van der Waals surface area contributed by atoms with Gasteiger partial charge in [0.05, 0.1) is 0 Å². The van der Waals surface area contributed by atoms with Gasteiger partial charge in [-0.2, -0.15) is 0 Å². The molecule has 0 fully saturated rings. The molecule has 5 nitrogen and oxygen atoms in total. The van der Waals surface area contributed by atoms with Gasteiger partial charge in [-0.1, -0.05) is 18.2 Å². The SMILES string of the molecule is CC(=O)c1csc(NC(=O)C2Cc3ccccc3N2)n1. The van der Waals surface area contributed by atoms with Gasteiger partial charge in [0.1, 0.15) is 11.7 Å². The minimum Gasteiger partial charge on any atom is -0.373 e. The quantitative estimate of drug-likeness (QED) is 0.850. The second-order valence-corrected chi connectivity index (χ2v) is 5.50. The van der Waals surface area contributed by atoms with Gasteiger partial charge in [-0.3, -0.25) is 9.59 Å². The molecule has 1 amide bonds. The van der Waals surface area contributed by atoms with Crippen LogP contribution in [-0.2, 0) is 11.2 Å². The Morgan fingerprint density at radius 1 is 1.40 bits per heavy atom. The third-order valence-corrected chi connectivity index (χ3v) is 3.94. The largest absolute Gasteiger partial charge is 0.373 e. The van der Waals surface area contributed by atoms with Crippen LogP contribution in [0, 0.1) is 0 Å². The van der Waals surface area contributed by atoms with Gasteiger partial charge >= 0.3 is 0 Å². The Morgan fingerprint density at radius 3 is 2.90 bits per heavy atom. The van der Waals surface area contributed by atoms with Crippen LogP contribution >= 0.6 is 11.3 Å². The summed E-state index contributed by atoms with van der Waals surface area (Å²) in [5.74, 6) is -0.237. The maximum absolute atomic E-state index is 12.2. The lowest BCUT2D eigenvalue weighted by Gasteiger charge is -2.09. The molecule has 2 aromatic rings. The first-order valence-electron chi connectivity index (χ1n) is 6.25. The average molecular weight is 287 g/mol. The first kappa shape index (κ1) is 12.8. The van der Waals surface area contributed by atoms with E-state index in [9.17, 15) is 9.59 Å². The number of nitrogens with zero attached hydrogens (tertiary/aromatic N) is 1. The number of ketones is 1. The summed E-state index contributed by atoms with van der Waals surface area (Å²) >= 11 is 1.26. The van der Waals surface area contributed by atoms with E-state index in [1.165, 1.54) is 18.3 Å². The van der Waals surface area contributed by atoms with Gasteiger partial charge in [-0.05, 0) is 11.6 Å². The number of aromatic nitrogens is 1. The fraction of sp³-hybridized carbons (Fsp3) is 0.214. The topological polar surface area (TPSA) is 71.1 Å². The van der Waals surface area contributed by atoms with Crippen LogP contribution in [-0.4, -0.2) is 22.7 Å². The van der Waals surface area contributed by atoms with Crippen LogP contribution < -0.4 is 10.6 Å². The first-order chi connectivity index (χ1) is 9.63. The highest BCUT2D eigenvalue weighted by molar-refractivity contribution is 7.14. The summed E-state index contributed by atoms with van der Waals surface area (Å²) in [6.45, 7) is 1.45. The van der Waals surface area contributed by atoms with Crippen molar-refractivity contribution in [3.63, 3.8) is 0 Å². The molecule has 2 heterocycles. The van der Waals surface area contributed by atoms with Crippen molar-refractivity contribution in [2.24, 2.45) is 0 Å². The van der Waals surface area contributed by atoms with Gasteiger partial charge in [-0.15, -0.1) is 11.3 Å². The van der Waals surface area contributed by atoms with E-state index in [4.69, 9.17) is 0 Å². The number of amides is 1. The van der Waals surface area contributed by atoms with Crippen molar-refractivity contribution in [1.82, 2.24) is 4.98 Å². The molecule has 0 aliphatic carbocycles. The average Bonchev–Trinajstić information content (AvgIpc) is 3.04. The Hall–Kier alpha value is -2.21. The molecular formula is C14H13N3O2S. The Balaban J connectivity index is 1.67. The number of carbonyl (C=O) groups is 2. The van der Waals surface area contributed by atoms with Gasteiger partial charge in [-0.25, -0.2) is 4.98 Å². The summed E-state index contributed by atoms with van der Waals surface area (Å²) in [5, 5.41) is 8.03. The number of benzene rings is 1. The van der Waals surface area contributed by atoms with Crippen molar-refractivity contribution < 1.29 is 9.59 Å². The number of Topliss-reactive ketones (excluding diaryl/α,β-unsaturated/α-hetero) is 1. The van der Waals surface area contributed by atoms with E-state index in [1.54, 1.807) is 5.38 Å². The van der Waals surface area contributed by atoms with Crippen LogP contribution in [0.2, 0.25) is 0 Å². The van der Waals surface area contributed by atoms with E-state index in [2.05, 4.69) is 15.6 Å². The number of thiazole rings is 1. The van der Waals surface area contributed by atoms with Crippen LogP contribution in [0.25, 0.3) is 0 Å². The number of hydrogen-bond donors (Lipinski definition) is 2. The second-order valence-electron chi connectivity index (χ2n) is 4.64. The molecule has 3 rings (SSSR count). The molecule has 2 N–H and O–H groups in total. The van der Waals surface area contributed by atoms with Gasteiger partial charge < -0.3 is 10.6 Å². The monoisotopic (exact) mass is 287 g/mol. The second kappa shape index (κ2) is 5.05. The number of fused-ring (bicyclic) bond motifs is 1. The predicted octanol–water partition coefficient (Wildman–Crippen LogP) is 2.32. The van der Waals surface area contributed by atoms with Gasteiger partial charge in [0, 0.05) is 24.4 Å². The molecule has 0 bridgehead atoms. The summed E-state index contributed by atoms with van der Waals surface area (Å²) in [5.41, 5.74) is 2.51. The number of para-hydroxylation sites is 1. The fourth-order valence-electron chi connectivity index (χ4n) is 2.14. The van der Waals surface area contributed by atoms with E-state index in [1.807, 2.05) is 24.3 Å². The molecular weight excluding hydrogens is 274 g/mol. The fourth-order valence-corrected chi connectivity index (χ4v) is 2.89. The molecule has 1 unspecified atom stereocenters. The van der Waals surface area contributed by atoms with Gasteiger partial charge in [0.25, 0.3) is 0 Å². The normalized spacial score (nSPS) is 16.4. The zero-order valence-corrected chi connectivity index (χ0v) is 11.7. The van der Waals surface area contributed by atoms with Crippen molar-refractivity contribution in [2.75, 3.05) is 10.6 Å². The van der Waals surface area contributed by atoms with Gasteiger partial charge in [0.15, 0.2) is 10.9 Å². The third-order valence-electron chi connectivity index (χ3n) is 3.18. The lowest BCUT2D eigenvalue weighted by Crippen LogP contribution is -2.32. The number of carbonyl (C=O) groups excluding carboxylic acids is 2. The highest BCUT2D eigenvalue weighted by atomic mass is 32.1. The van der Waals surface area contributed by atoms with Crippen molar-refractivity contribution in [2.45, 2.75) is 19.4 Å². The summed E-state index contributed by atoms with van der Waals surface area (Å²) in [7, 11) is 0. The molecule has 1 aromatic heterocycles. The predicted molar refractivity (Wildman–Crippen MR) is 78.3 cm³/mol. The van der Waals surface area contributed by atoms with Gasteiger partial charge in [0.2, 0.25) is 5.91 Å². The highest BCUT2D eigenvalue weighted by Gasteiger charge is 2.26. The molecule has 0 saturated carbocycles. The molecule has 6 heteroatoms. The Morgan fingerprint density at radius 2 is 2.20 bits per heavy atom. The number of nitrogens with one attached hydrogen (secondary N) is 2.